The number of benzene rings is 1. The zero-order valence-corrected chi connectivity index (χ0v) is 14.1. The van der Waals surface area contributed by atoms with Crippen LogP contribution in [0.4, 0.5) is 5.82 Å². The van der Waals surface area contributed by atoms with Crippen molar-refractivity contribution in [2.24, 2.45) is 0 Å². The number of aromatic nitrogens is 3. The van der Waals surface area contributed by atoms with Crippen LogP contribution in [0.5, 0.6) is 0 Å². The molecule has 0 aliphatic heterocycles. The van der Waals surface area contributed by atoms with Gasteiger partial charge < -0.3 is 5.32 Å². The van der Waals surface area contributed by atoms with E-state index in [1.807, 2.05) is 44.2 Å². The number of anilines is 1. The van der Waals surface area contributed by atoms with Gasteiger partial charge in [0.25, 0.3) is 5.56 Å². The standard InChI is InChI=1S/C19H18N4O2/c1-13-5-7-15(8-6-13)16-10-18(25)23(12-21-16)11-17(24)22-19-14(2)4-3-9-20-19/h3-10,12H,11H2,1-2H3,(H,20,22,24). The number of aryl methyl sites for hydroxylation is 2. The predicted molar refractivity (Wildman–Crippen MR) is 96.3 cm³/mol. The molecular formula is C19H18N4O2. The third kappa shape index (κ3) is 3.98. The lowest BCUT2D eigenvalue weighted by Crippen LogP contribution is -2.27. The summed E-state index contributed by atoms with van der Waals surface area (Å²) >= 11 is 0. The highest BCUT2D eigenvalue weighted by Gasteiger charge is 2.09. The maximum Gasteiger partial charge on any atom is 0.254 e. The normalized spacial score (nSPS) is 10.5. The van der Waals surface area contributed by atoms with Gasteiger partial charge >= 0.3 is 0 Å². The van der Waals surface area contributed by atoms with Gasteiger partial charge in [-0.1, -0.05) is 35.9 Å². The number of nitrogens with zero attached hydrogens (tertiary/aromatic N) is 3. The third-order valence-corrected chi connectivity index (χ3v) is 3.81. The van der Waals surface area contributed by atoms with Crippen LogP contribution in [-0.2, 0) is 11.3 Å². The summed E-state index contributed by atoms with van der Waals surface area (Å²) in [4.78, 5) is 32.8. The molecule has 25 heavy (non-hydrogen) atoms. The van der Waals surface area contributed by atoms with E-state index in [9.17, 15) is 9.59 Å². The van der Waals surface area contributed by atoms with Crippen LogP contribution < -0.4 is 10.9 Å². The van der Waals surface area contributed by atoms with Gasteiger partial charge in [0.1, 0.15) is 12.4 Å². The van der Waals surface area contributed by atoms with E-state index < -0.39 is 0 Å². The summed E-state index contributed by atoms with van der Waals surface area (Å²) in [7, 11) is 0. The maximum absolute atomic E-state index is 12.3. The van der Waals surface area contributed by atoms with Gasteiger partial charge in [-0.3, -0.25) is 14.2 Å². The largest absolute Gasteiger partial charge is 0.309 e. The molecule has 1 amide bonds. The number of hydrogen-bond acceptors (Lipinski definition) is 4. The van der Waals surface area contributed by atoms with E-state index in [0.29, 0.717) is 11.5 Å². The monoisotopic (exact) mass is 334 g/mol. The molecule has 0 bridgehead atoms. The van der Waals surface area contributed by atoms with Gasteiger partial charge in [-0.05, 0) is 25.5 Å². The predicted octanol–water partition coefficient (Wildman–Crippen LogP) is 2.56. The number of pyridine rings is 1. The Hall–Kier alpha value is -3.28. The Morgan fingerprint density at radius 3 is 2.56 bits per heavy atom. The summed E-state index contributed by atoms with van der Waals surface area (Å²) in [6, 6.07) is 12.8. The first kappa shape index (κ1) is 16.6. The molecule has 1 aromatic carbocycles. The van der Waals surface area contributed by atoms with Crippen molar-refractivity contribution in [3.63, 3.8) is 0 Å². The molecule has 126 valence electrons. The van der Waals surface area contributed by atoms with Gasteiger partial charge in [0, 0.05) is 17.8 Å². The highest BCUT2D eigenvalue weighted by atomic mass is 16.2. The molecule has 0 spiro atoms. The molecule has 0 saturated heterocycles. The molecule has 0 aliphatic rings. The van der Waals surface area contributed by atoms with Crippen LogP contribution in [0.1, 0.15) is 11.1 Å². The van der Waals surface area contributed by atoms with Gasteiger partial charge in [-0.15, -0.1) is 0 Å². The van der Waals surface area contributed by atoms with E-state index in [4.69, 9.17) is 0 Å². The zero-order valence-electron chi connectivity index (χ0n) is 14.1. The summed E-state index contributed by atoms with van der Waals surface area (Å²) in [5.74, 6) is 0.165. The van der Waals surface area contributed by atoms with Crippen LogP contribution in [0.2, 0.25) is 0 Å². The quantitative estimate of drug-likeness (QED) is 0.795. The Kier molecular flexibility index (Phi) is 4.70. The number of carbonyl (C=O) groups is 1. The van der Waals surface area contributed by atoms with E-state index in [-0.39, 0.29) is 18.0 Å². The van der Waals surface area contributed by atoms with Crippen molar-refractivity contribution in [3.8, 4) is 11.3 Å². The fraction of sp³-hybridized carbons (Fsp3) is 0.158. The van der Waals surface area contributed by atoms with Crippen LogP contribution in [0.15, 0.2) is 59.8 Å². The molecule has 3 aromatic rings. The minimum atomic E-state index is -0.325. The smallest absolute Gasteiger partial charge is 0.254 e. The van der Waals surface area contributed by atoms with Gasteiger partial charge in [-0.2, -0.15) is 0 Å². The van der Waals surface area contributed by atoms with E-state index in [1.54, 1.807) is 12.3 Å². The highest BCUT2D eigenvalue weighted by molar-refractivity contribution is 5.90. The lowest BCUT2D eigenvalue weighted by atomic mass is 10.1. The van der Waals surface area contributed by atoms with Crippen molar-refractivity contribution in [2.75, 3.05) is 5.32 Å². The van der Waals surface area contributed by atoms with E-state index >= 15 is 0 Å². The molecule has 1 N–H and O–H groups in total. The van der Waals surface area contributed by atoms with E-state index in [0.717, 1.165) is 16.7 Å². The average Bonchev–Trinajstić information content (AvgIpc) is 2.59. The number of amides is 1. The molecule has 0 unspecified atom stereocenters. The molecular weight excluding hydrogens is 316 g/mol. The Morgan fingerprint density at radius 2 is 1.88 bits per heavy atom. The van der Waals surface area contributed by atoms with Crippen LogP contribution in [0.25, 0.3) is 11.3 Å². The number of hydrogen-bond donors (Lipinski definition) is 1. The van der Waals surface area contributed by atoms with Crippen molar-refractivity contribution >= 4 is 11.7 Å². The fourth-order valence-corrected chi connectivity index (χ4v) is 2.37. The molecule has 0 fully saturated rings. The number of carbonyl (C=O) groups excluding carboxylic acids is 1. The van der Waals surface area contributed by atoms with Gasteiger partial charge in [0.15, 0.2) is 0 Å². The molecule has 2 heterocycles. The Bertz CT molecular complexity index is 962. The van der Waals surface area contributed by atoms with Gasteiger partial charge in [0.05, 0.1) is 12.0 Å². The van der Waals surface area contributed by atoms with Crippen LogP contribution in [-0.4, -0.2) is 20.4 Å². The summed E-state index contributed by atoms with van der Waals surface area (Å²) < 4.78 is 1.27. The summed E-state index contributed by atoms with van der Waals surface area (Å²) in [6.45, 7) is 3.74. The molecule has 0 saturated carbocycles. The van der Waals surface area contributed by atoms with Crippen molar-refractivity contribution < 1.29 is 4.79 Å². The maximum atomic E-state index is 12.3. The van der Waals surface area contributed by atoms with Crippen molar-refractivity contribution in [1.29, 1.82) is 0 Å². The topological polar surface area (TPSA) is 76.9 Å². The molecule has 0 atom stereocenters. The van der Waals surface area contributed by atoms with Crippen LogP contribution in [0, 0.1) is 13.8 Å². The van der Waals surface area contributed by atoms with Crippen LogP contribution >= 0.6 is 0 Å². The summed E-state index contributed by atoms with van der Waals surface area (Å²) in [6.07, 6.45) is 3.00. The van der Waals surface area contributed by atoms with Crippen molar-refractivity contribution in [1.82, 2.24) is 14.5 Å². The van der Waals surface area contributed by atoms with E-state index in [1.165, 1.54) is 17.0 Å². The molecule has 6 nitrogen and oxygen atoms in total. The second-order valence-electron chi connectivity index (χ2n) is 5.82. The van der Waals surface area contributed by atoms with Crippen molar-refractivity contribution in [2.45, 2.75) is 20.4 Å². The summed E-state index contributed by atoms with van der Waals surface area (Å²) in [5.41, 5.74) is 3.17. The molecule has 6 heteroatoms. The minimum Gasteiger partial charge on any atom is -0.309 e. The Balaban J connectivity index is 1.75. The average molecular weight is 334 g/mol. The second-order valence-corrected chi connectivity index (χ2v) is 5.82. The zero-order chi connectivity index (χ0) is 17.8. The third-order valence-electron chi connectivity index (χ3n) is 3.81. The lowest BCUT2D eigenvalue weighted by Gasteiger charge is -2.09. The molecule has 2 aromatic heterocycles. The molecule has 0 aliphatic carbocycles. The number of nitrogens with one attached hydrogen (secondary N) is 1. The first-order chi connectivity index (χ1) is 12.0. The van der Waals surface area contributed by atoms with Gasteiger partial charge in [0.2, 0.25) is 5.91 Å². The first-order valence-electron chi connectivity index (χ1n) is 7.88. The Morgan fingerprint density at radius 1 is 1.12 bits per heavy atom. The molecule has 0 radical (unpaired) electrons. The van der Waals surface area contributed by atoms with Crippen LogP contribution in [0.3, 0.4) is 0 Å². The fourth-order valence-electron chi connectivity index (χ4n) is 2.37. The Labute approximate surface area is 145 Å². The minimum absolute atomic E-state index is 0.115. The lowest BCUT2D eigenvalue weighted by molar-refractivity contribution is -0.116. The van der Waals surface area contributed by atoms with Gasteiger partial charge in [-0.25, -0.2) is 9.97 Å². The second kappa shape index (κ2) is 7.09. The number of rotatable bonds is 4. The SMILES string of the molecule is Cc1ccc(-c2cc(=O)n(CC(=O)Nc3ncccc3C)cn2)cc1. The first-order valence-corrected chi connectivity index (χ1v) is 7.88. The highest BCUT2D eigenvalue weighted by Crippen LogP contribution is 2.15. The van der Waals surface area contributed by atoms with E-state index in [2.05, 4.69) is 15.3 Å². The summed E-state index contributed by atoms with van der Waals surface area (Å²) in [5, 5.41) is 2.70. The van der Waals surface area contributed by atoms with Crippen molar-refractivity contribution in [3.05, 3.63) is 76.5 Å². The molecule has 3 rings (SSSR count).